The van der Waals surface area contributed by atoms with Gasteiger partial charge in [0.05, 0.1) is 5.41 Å². The van der Waals surface area contributed by atoms with Gasteiger partial charge in [-0.2, -0.15) is 0 Å². The van der Waals surface area contributed by atoms with Crippen LogP contribution in [-0.2, 0) is 20.7 Å². The minimum atomic E-state index is -0.817. The number of nitrogens with one attached hydrogen (secondary N) is 1. The zero-order valence-corrected chi connectivity index (χ0v) is 16.8. The molecule has 0 radical (unpaired) electrons. The van der Waals surface area contributed by atoms with Crippen LogP contribution in [0.2, 0.25) is 0 Å². The van der Waals surface area contributed by atoms with Crippen molar-refractivity contribution < 1.29 is 14.3 Å². The van der Waals surface area contributed by atoms with Gasteiger partial charge in [0.2, 0.25) is 0 Å². The Bertz CT molecular complexity index is 730. The van der Waals surface area contributed by atoms with E-state index >= 15 is 0 Å². The number of halogens is 1. The van der Waals surface area contributed by atoms with Gasteiger partial charge in [-0.1, -0.05) is 19.1 Å². The van der Waals surface area contributed by atoms with Crippen molar-refractivity contribution in [2.24, 2.45) is 17.3 Å². The van der Waals surface area contributed by atoms with E-state index < -0.39 is 11.5 Å². The number of hydrogen-bond acceptors (Lipinski definition) is 3. The van der Waals surface area contributed by atoms with E-state index in [4.69, 9.17) is 16.3 Å². The summed E-state index contributed by atoms with van der Waals surface area (Å²) in [5.74, 6) is 0.526. The molecule has 5 heteroatoms. The Hall–Kier alpha value is -1.55. The van der Waals surface area contributed by atoms with Crippen molar-refractivity contribution in [1.82, 2.24) is 0 Å². The molecule has 0 aromatic heterocycles. The molecule has 0 heterocycles. The van der Waals surface area contributed by atoms with Gasteiger partial charge in [-0.25, -0.2) is 0 Å². The summed E-state index contributed by atoms with van der Waals surface area (Å²) in [5.41, 5.74) is 1.45. The number of esters is 1. The number of anilines is 1. The molecule has 1 aromatic carbocycles. The van der Waals surface area contributed by atoms with Crippen LogP contribution in [0.15, 0.2) is 24.3 Å². The summed E-state index contributed by atoms with van der Waals surface area (Å²) in [6.45, 7) is 3.73. The van der Waals surface area contributed by atoms with Gasteiger partial charge in [0.1, 0.15) is 0 Å². The minimum absolute atomic E-state index is 0.231. The number of hydrogen-bond donors (Lipinski definition) is 1. The fourth-order valence-corrected chi connectivity index (χ4v) is 6.49. The first-order valence-corrected chi connectivity index (χ1v) is 10.5. The number of carbonyl (C=O) groups excluding carboxylic acids is 2. The summed E-state index contributed by atoms with van der Waals surface area (Å²) < 4.78 is 5.65. The molecule has 5 rings (SSSR count). The van der Waals surface area contributed by atoms with Crippen molar-refractivity contribution >= 4 is 29.2 Å². The average molecular weight is 390 g/mol. The lowest BCUT2D eigenvalue weighted by Gasteiger charge is -2.58. The second-order valence-electron chi connectivity index (χ2n) is 8.98. The first-order valence-electron chi connectivity index (χ1n) is 10.1. The summed E-state index contributed by atoms with van der Waals surface area (Å²) in [6.07, 6.45) is 5.78. The van der Waals surface area contributed by atoms with Crippen LogP contribution in [-0.4, -0.2) is 22.9 Å². The van der Waals surface area contributed by atoms with Gasteiger partial charge in [-0.05, 0) is 81.4 Å². The van der Waals surface area contributed by atoms with Crippen molar-refractivity contribution in [2.75, 3.05) is 5.32 Å². The fourth-order valence-electron chi connectivity index (χ4n) is 5.80. The molecule has 1 aromatic rings. The topological polar surface area (TPSA) is 55.4 Å². The number of aryl methyl sites for hydroxylation is 1. The van der Waals surface area contributed by atoms with Crippen LogP contribution in [0.4, 0.5) is 5.69 Å². The monoisotopic (exact) mass is 389 g/mol. The van der Waals surface area contributed by atoms with E-state index in [0.29, 0.717) is 18.3 Å². The maximum absolute atomic E-state index is 13.0. The molecule has 2 unspecified atom stereocenters. The SMILES string of the molecule is CCc1ccc(NC(=O)[C@H](C)OC(=O)C23C[C@@H]4C[C@@H](CC(Cl)(C4)C2)C3)cc1. The summed E-state index contributed by atoms with van der Waals surface area (Å²) in [4.78, 5) is 25.3. The molecule has 0 spiro atoms. The fraction of sp³-hybridized carbons (Fsp3) is 0.636. The molecule has 4 aliphatic carbocycles. The molecule has 5 atom stereocenters. The summed E-state index contributed by atoms with van der Waals surface area (Å²) in [7, 11) is 0. The summed E-state index contributed by atoms with van der Waals surface area (Å²) in [5, 5.41) is 2.84. The number of ether oxygens (including phenoxy) is 1. The molecule has 0 aliphatic heterocycles. The smallest absolute Gasteiger partial charge is 0.312 e. The van der Waals surface area contributed by atoms with E-state index in [9.17, 15) is 9.59 Å². The van der Waals surface area contributed by atoms with Crippen LogP contribution >= 0.6 is 11.6 Å². The molecule has 4 nitrogen and oxygen atoms in total. The minimum Gasteiger partial charge on any atom is -0.452 e. The van der Waals surface area contributed by atoms with Gasteiger partial charge >= 0.3 is 5.97 Å². The Kier molecular flexibility index (Phi) is 4.74. The highest BCUT2D eigenvalue weighted by atomic mass is 35.5. The second-order valence-corrected chi connectivity index (χ2v) is 9.78. The predicted octanol–water partition coefficient (Wildman–Crippen LogP) is 4.70. The van der Waals surface area contributed by atoms with E-state index in [-0.39, 0.29) is 16.8 Å². The van der Waals surface area contributed by atoms with Gasteiger partial charge in [0.25, 0.3) is 5.91 Å². The van der Waals surface area contributed by atoms with Crippen molar-refractivity contribution in [2.45, 2.75) is 69.8 Å². The third-order valence-electron chi connectivity index (χ3n) is 6.71. The number of carbonyl (C=O) groups is 2. The lowest BCUT2D eigenvalue weighted by molar-refractivity contribution is -0.176. The van der Waals surface area contributed by atoms with Crippen molar-refractivity contribution in [3.8, 4) is 0 Å². The van der Waals surface area contributed by atoms with E-state index in [1.54, 1.807) is 6.92 Å². The zero-order chi connectivity index (χ0) is 19.2. The van der Waals surface area contributed by atoms with Crippen LogP contribution in [0, 0.1) is 17.3 Å². The molecule has 27 heavy (non-hydrogen) atoms. The lowest BCUT2D eigenvalue weighted by Crippen LogP contribution is -2.57. The number of alkyl halides is 1. The molecule has 146 valence electrons. The van der Waals surface area contributed by atoms with E-state index in [1.165, 1.54) is 12.0 Å². The quantitative estimate of drug-likeness (QED) is 0.586. The van der Waals surface area contributed by atoms with Crippen LogP contribution in [0.25, 0.3) is 0 Å². The molecule has 4 fully saturated rings. The average Bonchev–Trinajstić information content (AvgIpc) is 2.60. The van der Waals surface area contributed by atoms with E-state index in [2.05, 4.69) is 12.2 Å². The maximum Gasteiger partial charge on any atom is 0.312 e. The van der Waals surface area contributed by atoms with Gasteiger partial charge in [0.15, 0.2) is 6.10 Å². The van der Waals surface area contributed by atoms with E-state index in [1.807, 2.05) is 24.3 Å². The Balaban J connectivity index is 1.39. The van der Waals surface area contributed by atoms with Crippen molar-refractivity contribution in [3.63, 3.8) is 0 Å². The predicted molar refractivity (Wildman–Crippen MR) is 106 cm³/mol. The standard InChI is InChI=1S/C22H28ClNO3/c1-3-15-4-6-18(7-5-15)24-19(25)14(2)27-20(26)21-9-16-8-17(10-21)12-22(23,11-16)13-21/h4-7,14,16-17H,3,8-13H2,1-2H3,(H,24,25)/t14-,16-,17+,21?,22?/m0/s1. The molecule has 4 saturated carbocycles. The first-order chi connectivity index (χ1) is 12.8. The Morgan fingerprint density at radius 3 is 2.37 bits per heavy atom. The Morgan fingerprint density at radius 1 is 1.19 bits per heavy atom. The highest BCUT2D eigenvalue weighted by Crippen LogP contribution is 2.64. The van der Waals surface area contributed by atoms with E-state index in [0.717, 1.165) is 37.8 Å². The molecule has 4 bridgehead atoms. The van der Waals surface area contributed by atoms with Crippen LogP contribution < -0.4 is 5.32 Å². The largest absolute Gasteiger partial charge is 0.452 e. The zero-order valence-electron chi connectivity index (χ0n) is 16.1. The van der Waals surface area contributed by atoms with Gasteiger partial charge in [-0.15, -0.1) is 11.6 Å². The number of amides is 1. The third-order valence-corrected chi connectivity index (χ3v) is 7.15. The number of benzene rings is 1. The van der Waals surface area contributed by atoms with Gasteiger partial charge < -0.3 is 10.1 Å². The summed E-state index contributed by atoms with van der Waals surface area (Å²) >= 11 is 6.81. The molecule has 4 aliphatic rings. The van der Waals surface area contributed by atoms with Gasteiger partial charge in [-0.3, -0.25) is 9.59 Å². The second kappa shape index (κ2) is 6.80. The molecule has 1 amide bonds. The van der Waals surface area contributed by atoms with Crippen LogP contribution in [0.1, 0.15) is 57.9 Å². The third kappa shape index (κ3) is 3.61. The summed E-state index contributed by atoms with van der Waals surface area (Å²) in [6, 6.07) is 7.73. The normalized spacial score (nSPS) is 34.9. The molecule has 0 saturated heterocycles. The van der Waals surface area contributed by atoms with Gasteiger partial charge in [0, 0.05) is 10.6 Å². The van der Waals surface area contributed by atoms with Crippen LogP contribution in [0.5, 0.6) is 0 Å². The maximum atomic E-state index is 13.0. The molecular formula is C22H28ClNO3. The highest BCUT2D eigenvalue weighted by Gasteiger charge is 2.61. The van der Waals surface area contributed by atoms with Crippen molar-refractivity contribution in [1.29, 1.82) is 0 Å². The van der Waals surface area contributed by atoms with Crippen LogP contribution in [0.3, 0.4) is 0 Å². The van der Waals surface area contributed by atoms with Crippen molar-refractivity contribution in [3.05, 3.63) is 29.8 Å². The lowest BCUT2D eigenvalue weighted by atomic mass is 9.49. The molecular weight excluding hydrogens is 362 g/mol. The first kappa shape index (κ1) is 18.8. The number of rotatable bonds is 5. The Morgan fingerprint density at radius 2 is 1.81 bits per heavy atom. The highest BCUT2D eigenvalue weighted by molar-refractivity contribution is 6.24. The molecule has 1 N–H and O–H groups in total. The Labute approximate surface area is 166 Å².